The normalized spacial score (nSPS) is 14.8. The van der Waals surface area contributed by atoms with Gasteiger partial charge in [0.15, 0.2) is 6.61 Å². The minimum Gasteiger partial charge on any atom is -0.480 e. The monoisotopic (exact) mass is 452 g/mol. The summed E-state index contributed by atoms with van der Waals surface area (Å²) in [6.07, 6.45) is 1.15. The number of hydrogen-bond acceptors (Lipinski definition) is 6. The minimum atomic E-state index is -1.15. The van der Waals surface area contributed by atoms with Crippen molar-refractivity contribution in [3.8, 4) is 5.75 Å². The Kier molecular flexibility index (Phi) is 6.01. The Morgan fingerprint density at radius 3 is 2.79 bits per heavy atom. The van der Waals surface area contributed by atoms with Gasteiger partial charge < -0.3 is 25.9 Å². The van der Waals surface area contributed by atoms with Gasteiger partial charge in [0.25, 0.3) is 0 Å². The largest absolute Gasteiger partial charge is 0.480 e. The highest BCUT2D eigenvalue weighted by Gasteiger charge is 2.26. The number of anilines is 1. The fourth-order valence-electron chi connectivity index (χ4n) is 4.28. The smallest absolute Gasteiger partial charge is 0.341 e. The van der Waals surface area contributed by atoms with Crippen molar-refractivity contribution in [3.05, 3.63) is 67.7 Å². The third-order valence-electron chi connectivity index (χ3n) is 5.68. The lowest BCUT2D eigenvalue weighted by molar-refractivity contribution is -0.139. The summed E-state index contributed by atoms with van der Waals surface area (Å²) in [6, 6.07) is 8.16. The molecule has 1 aromatic heterocycles. The van der Waals surface area contributed by atoms with Gasteiger partial charge in [0.1, 0.15) is 5.75 Å². The second-order valence-electron chi connectivity index (χ2n) is 8.11. The number of hydrogen-bond donors (Lipinski definition) is 4. The van der Waals surface area contributed by atoms with Crippen LogP contribution in [-0.2, 0) is 22.6 Å². The van der Waals surface area contributed by atoms with Crippen molar-refractivity contribution < 1.29 is 19.4 Å². The maximum absolute atomic E-state index is 12.9. The lowest BCUT2D eigenvalue weighted by atomic mass is 9.94. The number of rotatable bonds is 7. The molecule has 10 heteroatoms. The number of aryl methyl sites for hydroxylation is 2. The molecule has 0 saturated carbocycles. The molecule has 172 valence electrons. The molecule has 1 aliphatic heterocycles. The molecule has 10 nitrogen and oxygen atoms in total. The van der Waals surface area contributed by atoms with Gasteiger partial charge in [-0.15, -0.1) is 0 Å². The summed E-state index contributed by atoms with van der Waals surface area (Å²) in [5.41, 5.74) is 8.38. The molecule has 5 N–H and O–H groups in total. The van der Waals surface area contributed by atoms with Crippen molar-refractivity contribution in [3.63, 3.8) is 0 Å². The Labute approximate surface area is 188 Å². The van der Waals surface area contributed by atoms with Crippen LogP contribution >= 0.6 is 0 Å². The molecular weight excluding hydrogens is 428 g/mol. The molecule has 2 heterocycles. The first-order chi connectivity index (χ1) is 15.8. The number of carboxylic acids is 1. The number of nitrogens with two attached hydrogens (primary N) is 1. The SMILES string of the molecule is Cc1cc2c3c(c1)[nH]c(=O)c(=O)n3C(CC(=O)Nc1ccc(CN)cc1OCC(=O)O)CC2. The zero-order valence-electron chi connectivity index (χ0n) is 18.0. The molecule has 0 aliphatic carbocycles. The Morgan fingerprint density at radius 1 is 1.27 bits per heavy atom. The van der Waals surface area contributed by atoms with Gasteiger partial charge in [-0.2, -0.15) is 0 Å². The van der Waals surface area contributed by atoms with Gasteiger partial charge in [-0.1, -0.05) is 12.1 Å². The van der Waals surface area contributed by atoms with E-state index in [1.165, 1.54) is 4.57 Å². The average Bonchev–Trinajstić information content (AvgIpc) is 2.77. The maximum atomic E-state index is 12.9. The predicted octanol–water partition coefficient (Wildman–Crippen LogP) is 1.44. The van der Waals surface area contributed by atoms with E-state index in [-0.39, 0.29) is 18.7 Å². The number of H-pyrrole nitrogens is 1. The fraction of sp³-hybridized carbons (Fsp3) is 0.304. The third kappa shape index (κ3) is 4.51. The van der Waals surface area contributed by atoms with E-state index < -0.39 is 35.6 Å². The Bertz CT molecular complexity index is 1370. The molecule has 2 aromatic carbocycles. The van der Waals surface area contributed by atoms with Crippen LogP contribution < -0.4 is 26.9 Å². The molecule has 4 rings (SSSR count). The van der Waals surface area contributed by atoms with Gasteiger partial charge >= 0.3 is 17.1 Å². The molecule has 33 heavy (non-hydrogen) atoms. The number of amides is 1. The number of carbonyl (C=O) groups excluding carboxylic acids is 1. The number of ether oxygens (including phenoxy) is 1. The van der Waals surface area contributed by atoms with Gasteiger partial charge in [0, 0.05) is 19.0 Å². The number of aromatic amines is 1. The van der Waals surface area contributed by atoms with Crippen LogP contribution in [0.1, 0.15) is 35.6 Å². The van der Waals surface area contributed by atoms with E-state index in [0.717, 1.165) is 11.1 Å². The summed E-state index contributed by atoms with van der Waals surface area (Å²) in [5.74, 6) is -1.36. The van der Waals surface area contributed by atoms with Crippen LogP contribution in [0.25, 0.3) is 11.0 Å². The van der Waals surface area contributed by atoms with Gasteiger partial charge in [0.2, 0.25) is 5.91 Å². The van der Waals surface area contributed by atoms with Crippen molar-refractivity contribution in [2.75, 3.05) is 11.9 Å². The van der Waals surface area contributed by atoms with E-state index in [1.54, 1.807) is 18.2 Å². The molecule has 0 fully saturated rings. The number of aromatic nitrogens is 2. The third-order valence-corrected chi connectivity index (χ3v) is 5.68. The fourth-order valence-corrected chi connectivity index (χ4v) is 4.28. The molecule has 3 aromatic rings. The van der Waals surface area contributed by atoms with Crippen LogP contribution in [-0.4, -0.2) is 33.1 Å². The molecule has 0 radical (unpaired) electrons. The summed E-state index contributed by atoms with van der Waals surface area (Å²) < 4.78 is 6.72. The summed E-state index contributed by atoms with van der Waals surface area (Å²) >= 11 is 0. The lowest BCUT2D eigenvalue weighted by Crippen LogP contribution is -2.41. The van der Waals surface area contributed by atoms with Crippen LogP contribution in [0.2, 0.25) is 0 Å². The van der Waals surface area contributed by atoms with E-state index in [2.05, 4.69) is 10.3 Å². The Hall–Kier alpha value is -3.92. The van der Waals surface area contributed by atoms with Crippen molar-refractivity contribution in [2.45, 2.75) is 38.8 Å². The van der Waals surface area contributed by atoms with E-state index >= 15 is 0 Å². The van der Waals surface area contributed by atoms with Crippen LogP contribution in [0.5, 0.6) is 5.75 Å². The topological polar surface area (TPSA) is 157 Å². The number of carboxylic acid groups (broad SMARTS) is 1. The molecule has 1 amide bonds. The summed E-state index contributed by atoms with van der Waals surface area (Å²) in [5, 5.41) is 11.6. The van der Waals surface area contributed by atoms with E-state index in [9.17, 15) is 19.2 Å². The Morgan fingerprint density at radius 2 is 2.06 bits per heavy atom. The van der Waals surface area contributed by atoms with Crippen molar-refractivity contribution >= 4 is 28.6 Å². The van der Waals surface area contributed by atoms with Gasteiger partial charge in [-0.25, -0.2) is 4.79 Å². The number of carbonyl (C=O) groups is 2. The lowest BCUT2D eigenvalue weighted by Gasteiger charge is -2.27. The van der Waals surface area contributed by atoms with Crippen molar-refractivity contribution in [1.82, 2.24) is 9.55 Å². The highest BCUT2D eigenvalue weighted by Crippen LogP contribution is 2.32. The number of benzene rings is 2. The first-order valence-electron chi connectivity index (χ1n) is 10.5. The first-order valence-corrected chi connectivity index (χ1v) is 10.5. The first kappa shape index (κ1) is 22.3. The van der Waals surface area contributed by atoms with Crippen LogP contribution in [0.3, 0.4) is 0 Å². The van der Waals surface area contributed by atoms with Gasteiger partial charge in [-0.3, -0.25) is 19.0 Å². The van der Waals surface area contributed by atoms with Gasteiger partial charge in [0.05, 0.1) is 16.7 Å². The van der Waals surface area contributed by atoms with E-state index in [4.69, 9.17) is 15.6 Å². The number of nitrogens with zero attached hydrogens (tertiary/aromatic N) is 1. The summed E-state index contributed by atoms with van der Waals surface area (Å²) in [4.78, 5) is 51.4. The molecule has 0 saturated heterocycles. The molecule has 1 aliphatic rings. The van der Waals surface area contributed by atoms with Crippen molar-refractivity contribution in [2.24, 2.45) is 5.73 Å². The number of nitrogens with one attached hydrogen (secondary N) is 2. The van der Waals surface area contributed by atoms with Gasteiger partial charge in [-0.05, 0) is 54.7 Å². The highest BCUT2D eigenvalue weighted by atomic mass is 16.5. The molecule has 0 spiro atoms. The highest BCUT2D eigenvalue weighted by molar-refractivity contribution is 5.93. The van der Waals surface area contributed by atoms with Crippen LogP contribution in [0.4, 0.5) is 5.69 Å². The summed E-state index contributed by atoms with van der Waals surface area (Å²) in [7, 11) is 0. The zero-order valence-corrected chi connectivity index (χ0v) is 18.0. The molecule has 1 unspecified atom stereocenters. The second kappa shape index (κ2) is 8.91. The molecule has 1 atom stereocenters. The second-order valence-corrected chi connectivity index (χ2v) is 8.11. The zero-order chi connectivity index (χ0) is 23.7. The Balaban J connectivity index is 1.62. The van der Waals surface area contributed by atoms with Crippen molar-refractivity contribution in [1.29, 1.82) is 0 Å². The van der Waals surface area contributed by atoms with E-state index in [1.807, 2.05) is 19.1 Å². The maximum Gasteiger partial charge on any atom is 0.341 e. The van der Waals surface area contributed by atoms with Crippen LogP contribution in [0.15, 0.2) is 39.9 Å². The molecular formula is C23H24N4O6. The average molecular weight is 452 g/mol. The standard InChI is InChI=1S/C23H24N4O6/c1-12-6-14-3-4-15(27-21(14)17(7-12)26-22(31)23(27)32)9-19(28)25-16-5-2-13(10-24)8-18(16)33-11-20(29)30/h2,5-8,15H,3-4,9-11,24H2,1H3,(H,25,28)(H,26,31)(H,29,30). The minimum absolute atomic E-state index is 0.0389. The summed E-state index contributed by atoms with van der Waals surface area (Å²) in [6.45, 7) is 1.57. The van der Waals surface area contributed by atoms with Crippen LogP contribution in [0, 0.1) is 6.92 Å². The molecule has 0 bridgehead atoms. The number of aliphatic carboxylic acids is 1. The quantitative estimate of drug-likeness (QED) is 0.395. The van der Waals surface area contributed by atoms with E-state index in [0.29, 0.717) is 35.1 Å². The predicted molar refractivity (Wildman–Crippen MR) is 122 cm³/mol.